The van der Waals surface area contributed by atoms with Gasteiger partial charge in [-0.15, -0.1) is 0 Å². The fourth-order valence-electron chi connectivity index (χ4n) is 5.36. The molecule has 2 aliphatic rings. The highest BCUT2D eigenvalue weighted by Gasteiger charge is 2.34. The van der Waals surface area contributed by atoms with Crippen LogP contribution in [0.3, 0.4) is 0 Å². The normalized spacial score (nSPS) is 19.3. The topological polar surface area (TPSA) is 42.0 Å². The van der Waals surface area contributed by atoms with Gasteiger partial charge in [0, 0.05) is 25.7 Å². The fourth-order valence-corrected chi connectivity index (χ4v) is 5.65. The Balaban J connectivity index is 1.25. The molecule has 2 saturated heterocycles. The van der Waals surface area contributed by atoms with Crippen LogP contribution in [0.25, 0.3) is 0 Å². The molecule has 0 amide bonds. The van der Waals surface area contributed by atoms with Gasteiger partial charge >= 0.3 is 12.1 Å². The molecule has 5 nitrogen and oxygen atoms in total. The lowest BCUT2D eigenvalue weighted by atomic mass is 9.92. The molecule has 1 unspecified atom stereocenters. The Morgan fingerprint density at radius 3 is 2.34 bits per heavy atom. The number of hydrogen-bond acceptors (Lipinski definition) is 5. The molecule has 2 aromatic carbocycles. The number of likely N-dealkylation sites (tertiary alicyclic amines) is 2. The van der Waals surface area contributed by atoms with Gasteiger partial charge in [-0.05, 0) is 74.9 Å². The van der Waals surface area contributed by atoms with Crippen molar-refractivity contribution in [3.8, 4) is 5.75 Å². The maximum atomic E-state index is 13.1. The maximum Gasteiger partial charge on any atom is 0.416 e. The van der Waals surface area contributed by atoms with E-state index in [9.17, 15) is 18.0 Å². The lowest BCUT2D eigenvalue weighted by Crippen LogP contribution is -2.49. The van der Waals surface area contributed by atoms with Crippen molar-refractivity contribution in [1.82, 2.24) is 9.80 Å². The molecule has 1 atom stereocenters. The summed E-state index contributed by atoms with van der Waals surface area (Å²) in [5.74, 6) is 0.825. The molecule has 2 aromatic rings. The number of hydrogen-bond donors (Lipinski definition) is 0. The van der Waals surface area contributed by atoms with E-state index < -0.39 is 23.8 Å². The van der Waals surface area contributed by atoms with Crippen molar-refractivity contribution < 1.29 is 27.4 Å². The summed E-state index contributed by atoms with van der Waals surface area (Å²) < 4.78 is 50.5. The second-order valence-corrected chi connectivity index (χ2v) is 10.9. The van der Waals surface area contributed by atoms with Crippen molar-refractivity contribution in [2.24, 2.45) is 5.92 Å². The Hall–Kier alpha value is -2.00. The molecule has 38 heavy (non-hydrogen) atoms. The summed E-state index contributed by atoms with van der Waals surface area (Å²) in [4.78, 5) is 17.1. The molecule has 2 fully saturated rings. The third-order valence-electron chi connectivity index (χ3n) is 7.49. The minimum Gasteiger partial charge on any atom is -0.490 e. The van der Waals surface area contributed by atoms with E-state index in [1.165, 1.54) is 13.2 Å². The van der Waals surface area contributed by atoms with Crippen molar-refractivity contribution >= 4 is 29.2 Å². The zero-order chi connectivity index (χ0) is 27.3. The smallest absolute Gasteiger partial charge is 0.416 e. The first kappa shape index (κ1) is 29.0. The minimum atomic E-state index is -4.42. The van der Waals surface area contributed by atoms with Crippen LogP contribution in [0.2, 0.25) is 10.0 Å². The highest BCUT2D eigenvalue weighted by molar-refractivity contribution is 6.42. The van der Waals surface area contributed by atoms with Crippen molar-refractivity contribution in [3.05, 3.63) is 63.6 Å². The van der Waals surface area contributed by atoms with E-state index in [1.54, 1.807) is 18.2 Å². The lowest BCUT2D eigenvalue weighted by molar-refractivity contribution is -0.147. The van der Waals surface area contributed by atoms with Gasteiger partial charge in [-0.1, -0.05) is 41.4 Å². The van der Waals surface area contributed by atoms with Crippen LogP contribution in [0.4, 0.5) is 13.2 Å². The van der Waals surface area contributed by atoms with Crippen LogP contribution in [0.1, 0.15) is 36.8 Å². The van der Waals surface area contributed by atoms with Crippen LogP contribution >= 0.6 is 23.2 Å². The SMILES string of the molecule is COC(=O)C(Cc1cccc(C(F)(F)F)c1)N1CCC(CN2CCC(Oc3ccc(Cl)c(Cl)c3)CC2)CC1. The third-order valence-corrected chi connectivity index (χ3v) is 8.23. The van der Waals surface area contributed by atoms with Gasteiger partial charge in [0.25, 0.3) is 0 Å². The first-order valence-electron chi connectivity index (χ1n) is 12.9. The van der Waals surface area contributed by atoms with Gasteiger partial charge in [-0.3, -0.25) is 9.69 Å². The quantitative estimate of drug-likeness (QED) is 0.345. The third kappa shape index (κ3) is 7.78. The van der Waals surface area contributed by atoms with E-state index in [4.69, 9.17) is 32.7 Å². The zero-order valence-electron chi connectivity index (χ0n) is 21.4. The van der Waals surface area contributed by atoms with Gasteiger partial charge in [0.2, 0.25) is 0 Å². The number of esters is 1. The Kier molecular flexibility index (Phi) is 9.84. The van der Waals surface area contributed by atoms with Gasteiger partial charge in [0.15, 0.2) is 0 Å². The first-order chi connectivity index (χ1) is 18.1. The van der Waals surface area contributed by atoms with Gasteiger partial charge in [0.05, 0.1) is 22.7 Å². The average Bonchev–Trinajstić information content (AvgIpc) is 2.90. The lowest BCUT2D eigenvalue weighted by Gasteiger charge is -2.39. The van der Waals surface area contributed by atoms with E-state index in [0.29, 0.717) is 34.6 Å². The molecule has 0 N–H and O–H groups in total. The second-order valence-electron chi connectivity index (χ2n) is 10.1. The van der Waals surface area contributed by atoms with Gasteiger partial charge in [-0.2, -0.15) is 13.2 Å². The number of halogens is 5. The van der Waals surface area contributed by atoms with E-state index in [2.05, 4.69) is 9.80 Å². The largest absolute Gasteiger partial charge is 0.490 e. The molecular formula is C28H33Cl2F3N2O3. The summed E-state index contributed by atoms with van der Waals surface area (Å²) in [5, 5.41) is 0.991. The Morgan fingerprint density at radius 2 is 1.71 bits per heavy atom. The molecule has 2 aliphatic heterocycles. The molecule has 2 heterocycles. The Morgan fingerprint density at radius 1 is 1.00 bits per heavy atom. The van der Waals surface area contributed by atoms with Crippen LogP contribution in [-0.2, 0) is 22.1 Å². The predicted octanol–water partition coefficient (Wildman–Crippen LogP) is 6.35. The molecule has 0 spiro atoms. The number of rotatable bonds is 8. The van der Waals surface area contributed by atoms with Crippen LogP contribution in [0.15, 0.2) is 42.5 Å². The highest BCUT2D eigenvalue weighted by Crippen LogP contribution is 2.31. The van der Waals surface area contributed by atoms with Crippen molar-refractivity contribution in [2.45, 2.75) is 50.4 Å². The Labute approximate surface area is 231 Å². The van der Waals surface area contributed by atoms with Crippen LogP contribution in [0, 0.1) is 5.92 Å². The van der Waals surface area contributed by atoms with Crippen LogP contribution in [0.5, 0.6) is 5.75 Å². The predicted molar refractivity (Wildman–Crippen MR) is 142 cm³/mol. The summed E-state index contributed by atoms with van der Waals surface area (Å²) >= 11 is 12.1. The molecule has 0 aromatic heterocycles. The summed E-state index contributed by atoms with van der Waals surface area (Å²) in [6, 6.07) is 9.91. The van der Waals surface area contributed by atoms with Crippen LogP contribution < -0.4 is 4.74 Å². The van der Waals surface area contributed by atoms with Gasteiger partial charge in [-0.25, -0.2) is 0 Å². The zero-order valence-corrected chi connectivity index (χ0v) is 22.9. The summed E-state index contributed by atoms with van der Waals surface area (Å²) in [7, 11) is 1.32. The van der Waals surface area contributed by atoms with Gasteiger partial charge < -0.3 is 14.4 Å². The molecule has 10 heteroatoms. The number of benzene rings is 2. The van der Waals surface area contributed by atoms with E-state index in [-0.39, 0.29) is 12.5 Å². The molecule has 4 rings (SSSR count). The number of methoxy groups -OCH3 is 1. The van der Waals surface area contributed by atoms with E-state index in [0.717, 1.165) is 63.2 Å². The molecule has 208 valence electrons. The number of nitrogens with zero attached hydrogens (tertiary/aromatic N) is 2. The number of alkyl halides is 3. The number of carbonyl (C=O) groups excluding carboxylic acids is 1. The summed E-state index contributed by atoms with van der Waals surface area (Å²) in [6.07, 6.45) is -0.374. The van der Waals surface area contributed by atoms with E-state index >= 15 is 0 Å². The Bertz CT molecular complexity index is 1090. The summed E-state index contributed by atoms with van der Waals surface area (Å²) in [5.41, 5.74) is -0.230. The molecule has 0 bridgehead atoms. The maximum absolute atomic E-state index is 13.1. The number of piperidine rings is 2. The first-order valence-corrected chi connectivity index (χ1v) is 13.7. The van der Waals surface area contributed by atoms with Gasteiger partial charge in [0.1, 0.15) is 17.9 Å². The fraction of sp³-hybridized carbons (Fsp3) is 0.536. The molecule has 0 saturated carbocycles. The second kappa shape index (κ2) is 12.9. The minimum absolute atomic E-state index is 0.141. The van der Waals surface area contributed by atoms with Crippen LogP contribution in [-0.4, -0.2) is 67.7 Å². The molecule has 0 aliphatic carbocycles. The average molecular weight is 573 g/mol. The molecule has 0 radical (unpaired) electrons. The highest BCUT2D eigenvalue weighted by atomic mass is 35.5. The monoisotopic (exact) mass is 572 g/mol. The van der Waals surface area contributed by atoms with E-state index in [1.807, 2.05) is 6.07 Å². The number of ether oxygens (including phenoxy) is 2. The standard InChI is InChI=1S/C28H33Cl2F3N2O3/c1-37-27(36)26(16-20-3-2-4-21(15-20)28(31,32)33)35-13-7-19(8-14-35)18-34-11-9-22(10-12-34)38-23-5-6-24(29)25(30)17-23/h2-6,15,17,19,22,26H,7-14,16,18H2,1H3. The van der Waals surface area contributed by atoms with Crippen molar-refractivity contribution in [1.29, 1.82) is 0 Å². The number of carbonyl (C=O) groups is 1. The van der Waals surface area contributed by atoms with Crippen molar-refractivity contribution in [2.75, 3.05) is 39.8 Å². The molecular weight excluding hydrogens is 540 g/mol. The van der Waals surface area contributed by atoms with Crippen molar-refractivity contribution in [3.63, 3.8) is 0 Å². The summed E-state index contributed by atoms with van der Waals surface area (Å²) in [6.45, 7) is 4.31.